The first-order chi connectivity index (χ1) is 6.72. The number of amides is 1. The summed E-state index contributed by atoms with van der Waals surface area (Å²) in [6.45, 7) is 0.495. The van der Waals surface area contributed by atoms with Crippen LogP contribution in [0, 0.1) is 6.20 Å². The Hall–Kier alpha value is -1.29. The van der Waals surface area contributed by atoms with Gasteiger partial charge in [0.05, 0.1) is 12.1 Å². The molecule has 1 radical (unpaired) electrons. The van der Waals surface area contributed by atoms with Crippen LogP contribution in [0.25, 0.3) is 0 Å². The van der Waals surface area contributed by atoms with Crippen LogP contribution in [-0.4, -0.2) is 24.7 Å². The number of carbonyl (C=O) groups excluding carboxylic acids is 1. The van der Waals surface area contributed by atoms with Crippen LogP contribution >= 0.6 is 11.6 Å². The molecule has 1 aromatic rings. The molecule has 1 N–H and O–H groups in total. The zero-order valence-electron chi connectivity index (χ0n) is 7.71. The van der Waals surface area contributed by atoms with Gasteiger partial charge in [-0.15, -0.1) is 0 Å². The molecule has 0 atom stereocenters. The average Bonchev–Trinajstić information content (AvgIpc) is 2.17. The van der Waals surface area contributed by atoms with Gasteiger partial charge in [0, 0.05) is 12.7 Å². The first-order valence-corrected chi connectivity index (χ1v) is 4.44. The fourth-order valence-electron chi connectivity index (χ4n) is 0.927. The second-order valence-electron chi connectivity index (χ2n) is 2.61. The lowest BCUT2D eigenvalue weighted by atomic mass is 10.2. The van der Waals surface area contributed by atoms with E-state index in [2.05, 4.69) is 21.2 Å². The number of nitrogens with one attached hydrogen (secondary N) is 1. The molecule has 0 bridgehead atoms. The zero-order chi connectivity index (χ0) is 10.4. The van der Waals surface area contributed by atoms with Crippen LogP contribution in [0.4, 0.5) is 4.79 Å². The summed E-state index contributed by atoms with van der Waals surface area (Å²) in [5.41, 5.74) is 0.949. The number of hydrogen-bond donors (Lipinski definition) is 1. The normalized spacial score (nSPS) is 9.57. The van der Waals surface area contributed by atoms with Crippen LogP contribution in [0.3, 0.4) is 0 Å². The van der Waals surface area contributed by atoms with Crippen molar-refractivity contribution in [3.8, 4) is 0 Å². The molecule has 0 unspecified atom stereocenters. The van der Waals surface area contributed by atoms with Crippen molar-refractivity contribution in [2.75, 3.05) is 13.7 Å². The summed E-state index contributed by atoms with van der Waals surface area (Å²) >= 11 is 5.68. The van der Waals surface area contributed by atoms with Gasteiger partial charge in [0.1, 0.15) is 6.20 Å². The van der Waals surface area contributed by atoms with Crippen molar-refractivity contribution in [1.29, 1.82) is 0 Å². The monoisotopic (exact) mass is 213 g/mol. The van der Waals surface area contributed by atoms with Gasteiger partial charge in [-0.2, -0.15) is 0 Å². The summed E-state index contributed by atoms with van der Waals surface area (Å²) in [6.07, 6.45) is 4.47. The summed E-state index contributed by atoms with van der Waals surface area (Å²) in [4.78, 5) is 14.5. The molecule has 5 heteroatoms. The lowest BCUT2D eigenvalue weighted by molar-refractivity contribution is 0.171. The van der Waals surface area contributed by atoms with E-state index in [-0.39, 0.29) is 0 Å². The third-order valence-corrected chi connectivity index (χ3v) is 1.78. The SMILES string of the molecule is COC(=O)NCCc1cn[c]c(Cl)c1. The Morgan fingerprint density at radius 3 is 3.21 bits per heavy atom. The molecule has 1 aromatic heterocycles. The maximum Gasteiger partial charge on any atom is 0.406 e. The highest BCUT2D eigenvalue weighted by atomic mass is 35.5. The summed E-state index contributed by atoms with van der Waals surface area (Å²) < 4.78 is 4.41. The van der Waals surface area contributed by atoms with E-state index in [1.807, 2.05) is 0 Å². The third-order valence-electron chi connectivity index (χ3n) is 1.58. The molecule has 1 rings (SSSR count). The first kappa shape index (κ1) is 10.8. The van der Waals surface area contributed by atoms with Gasteiger partial charge in [-0.3, -0.25) is 4.98 Å². The van der Waals surface area contributed by atoms with E-state index in [0.29, 0.717) is 18.0 Å². The minimum Gasteiger partial charge on any atom is -0.453 e. The second kappa shape index (κ2) is 5.44. The fraction of sp³-hybridized carbons (Fsp3) is 0.333. The fourth-order valence-corrected chi connectivity index (χ4v) is 1.12. The third kappa shape index (κ3) is 3.62. The maximum absolute atomic E-state index is 10.7. The van der Waals surface area contributed by atoms with Crippen LogP contribution in [-0.2, 0) is 11.2 Å². The number of hydrogen-bond acceptors (Lipinski definition) is 3. The number of alkyl carbamates (subject to hydrolysis) is 1. The second-order valence-corrected chi connectivity index (χ2v) is 3.01. The zero-order valence-corrected chi connectivity index (χ0v) is 8.47. The number of halogens is 1. The van der Waals surface area contributed by atoms with E-state index in [4.69, 9.17) is 11.6 Å². The van der Waals surface area contributed by atoms with Crippen LogP contribution in [0.1, 0.15) is 5.56 Å². The molecular formula is C9H10ClN2O2. The number of methoxy groups -OCH3 is 1. The number of pyridine rings is 1. The molecule has 1 heterocycles. The van der Waals surface area contributed by atoms with Crippen LogP contribution < -0.4 is 5.32 Å². The van der Waals surface area contributed by atoms with Gasteiger partial charge in [0.15, 0.2) is 0 Å². The van der Waals surface area contributed by atoms with E-state index in [1.54, 1.807) is 12.3 Å². The highest BCUT2D eigenvalue weighted by molar-refractivity contribution is 6.30. The number of ether oxygens (including phenoxy) is 1. The molecule has 0 fully saturated rings. The summed E-state index contributed by atoms with van der Waals surface area (Å²) in [7, 11) is 1.32. The van der Waals surface area contributed by atoms with E-state index in [9.17, 15) is 4.79 Å². The van der Waals surface area contributed by atoms with Crippen molar-refractivity contribution in [1.82, 2.24) is 10.3 Å². The van der Waals surface area contributed by atoms with E-state index in [1.165, 1.54) is 7.11 Å². The largest absolute Gasteiger partial charge is 0.453 e. The predicted molar refractivity (Wildman–Crippen MR) is 52.2 cm³/mol. The molecular weight excluding hydrogens is 204 g/mol. The molecule has 0 spiro atoms. The van der Waals surface area contributed by atoms with Crippen LogP contribution in [0.5, 0.6) is 0 Å². The Kier molecular flexibility index (Phi) is 4.19. The Morgan fingerprint density at radius 2 is 2.57 bits per heavy atom. The Bertz CT molecular complexity index is 317. The van der Waals surface area contributed by atoms with Gasteiger partial charge in [0.2, 0.25) is 0 Å². The van der Waals surface area contributed by atoms with Crippen molar-refractivity contribution < 1.29 is 9.53 Å². The van der Waals surface area contributed by atoms with Crippen LogP contribution in [0.2, 0.25) is 5.02 Å². The topological polar surface area (TPSA) is 51.2 Å². The standard InChI is InChI=1S/C9H10ClN2O2/c1-14-9(13)12-3-2-7-4-8(10)6-11-5-7/h4-5H,2-3H2,1H3,(H,12,13). The molecule has 75 valence electrons. The Morgan fingerprint density at radius 1 is 1.79 bits per heavy atom. The minimum absolute atomic E-state index is 0.438. The molecule has 1 amide bonds. The van der Waals surface area contributed by atoms with Gasteiger partial charge in [-0.25, -0.2) is 4.79 Å². The first-order valence-electron chi connectivity index (χ1n) is 4.06. The molecule has 4 nitrogen and oxygen atoms in total. The number of nitrogens with zero attached hydrogens (tertiary/aromatic N) is 1. The van der Waals surface area contributed by atoms with Gasteiger partial charge in [-0.1, -0.05) is 11.6 Å². The molecule has 0 aliphatic heterocycles. The van der Waals surface area contributed by atoms with E-state index in [0.717, 1.165) is 5.56 Å². The number of carbonyl (C=O) groups is 1. The average molecular weight is 214 g/mol. The quantitative estimate of drug-likeness (QED) is 0.827. The highest BCUT2D eigenvalue weighted by Crippen LogP contribution is 2.07. The molecule has 14 heavy (non-hydrogen) atoms. The van der Waals surface area contributed by atoms with Gasteiger partial charge >= 0.3 is 6.09 Å². The summed E-state index contributed by atoms with van der Waals surface area (Å²) in [5.74, 6) is 0. The molecule has 0 saturated heterocycles. The lowest BCUT2D eigenvalue weighted by Gasteiger charge is -2.03. The smallest absolute Gasteiger partial charge is 0.406 e. The van der Waals surface area contributed by atoms with Crippen molar-refractivity contribution in [2.24, 2.45) is 0 Å². The minimum atomic E-state index is -0.438. The van der Waals surface area contributed by atoms with Gasteiger partial charge < -0.3 is 10.1 Å². The Labute approximate surface area is 87.2 Å². The van der Waals surface area contributed by atoms with Gasteiger partial charge in [-0.05, 0) is 18.1 Å². The number of rotatable bonds is 3. The van der Waals surface area contributed by atoms with E-state index >= 15 is 0 Å². The molecule has 0 aromatic carbocycles. The van der Waals surface area contributed by atoms with Gasteiger partial charge in [0.25, 0.3) is 0 Å². The Balaban J connectivity index is 2.35. The molecule has 0 aliphatic carbocycles. The van der Waals surface area contributed by atoms with Crippen molar-refractivity contribution in [3.63, 3.8) is 0 Å². The summed E-state index contributed by atoms with van der Waals surface area (Å²) in [5, 5.41) is 3.03. The maximum atomic E-state index is 10.7. The van der Waals surface area contributed by atoms with E-state index < -0.39 is 6.09 Å². The lowest BCUT2D eigenvalue weighted by Crippen LogP contribution is -2.25. The van der Waals surface area contributed by atoms with Crippen LogP contribution in [0.15, 0.2) is 12.3 Å². The molecule has 0 aliphatic rings. The van der Waals surface area contributed by atoms with Crippen molar-refractivity contribution >= 4 is 17.7 Å². The van der Waals surface area contributed by atoms with Crippen molar-refractivity contribution in [3.05, 3.63) is 29.0 Å². The highest BCUT2D eigenvalue weighted by Gasteiger charge is 1.99. The predicted octanol–water partition coefficient (Wildman–Crippen LogP) is 1.43. The van der Waals surface area contributed by atoms with Crippen molar-refractivity contribution in [2.45, 2.75) is 6.42 Å². The number of aromatic nitrogens is 1. The summed E-state index contributed by atoms with van der Waals surface area (Å²) in [6, 6.07) is 1.76. The molecule has 0 saturated carbocycles.